The summed E-state index contributed by atoms with van der Waals surface area (Å²) in [4.78, 5) is 37.5. The Bertz CT molecular complexity index is 885. The number of fused-ring (bicyclic) bond motifs is 1. The molecule has 0 aliphatic carbocycles. The third kappa shape index (κ3) is 3.17. The smallest absolute Gasteiger partial charge is 0.330 e. The number of aromatic hydroxyl groups is 1. The van der Waals surface area contributed by atoms with Crippen molar-refractivity contribution in [1.82, 2.24) is 4.98 Å². The van der Waals surface area contributed by atoms with Gasteiger partial charge in [0.1, 0.15) is 5.75 Å². The normalized spacial score (nSPS) is 11.0. The van der Waals surface area contributed by atoms with Crippen molar-refractivity contribution >= 4 is 34.5 Å². The summed E-state index contributed by atoms with van der Waals surface area (Å²) in [5.41, 5.74) is -1.99. The summed E-state index contributed by atoms with van der Waals surface area (Å²) < 4.78 is 4.69. The Labute approximate surface area is 129 Å². The zero-order valence-corrected chi connectivity index (χ0v) is 12.3. The number of aromatic nitrogens is 1. The van der Waals surface area contributed by atoms with Crippen LogP contribution in [0.1, 0.15) is 12.5 Å². The first-order valence-corrected chi connectivity index (χ1v) is 6.75. The lowest BCUT2D eigenvalue weighted by atomic mass is 10.1. The fourth-order valence-electron chi connectivity index (χ4n) is 1.88. The van der Waals surface area contributed by atoms with Crippen LogP contribution in [0.5, 0.6) is 5.75 Å². The number of esters is 1. The second-order valence-corrected chi connectivity index (χ2v) is 4.76. The van der Waals surface area contributed by atoms with Crippen LogP contribution in [0.2, 0.25) is 5.02 Å². The second kappa shape index (κ2) is 6.44. The highest BCUT2D eigenvalue weighted by Crippen LogP contribution is 2.26. The number of nitrogens with one attached hydrogen (secondary N) is 1. The summed E-state index contributed by atoms with van der Waals surface area (Å²) in [5, 5.41) is 10.8. The van der Waals surface area contributed by atoms with E-state index in [1.165, 1.54) is 18.2 Å². The van der Waals surface area contributed by atoms with Gasteiger partial charge in [-0.05, 0) is 31.2 Å². The van der Waals surface area contributed by atoms with Crippen LogP contribution in [0.3, 0.4) is 0 Å². The summed E-state index contributed by atoms with van der Waals surface area (Å²) in [6.45, 7) is 1.80. The number of hydrogen-bond acceptors (Lipinski definition) is 5. The lowest BCUT2D eigenvalue weighted by molar-refractivity contribution is -0.137. The van der Waals surface area contributed by atoms with E-state index in [2.05, 4.69) is 9.72 Å². The van der Waals surface area contributed by atoms with Gasteiger partial charge in [-0.25, -0.2) is 4.79 Å². The zero-order chi connectivity index (χ0) is 16.3. The fourth-order valence-corrected chi connectivity index (χ4v) is 2.05. The summed E-state index contributed by atoms with van der Waals surface area (Å²) >= 11 is 5.83. The number of H-pyrrole nitrogens is 1. The van der Waals surface area contributed by atoms with E-state index in [0.29, 0.717) is 5.02 Å². The number of carbonyl (C=O) groups excluding carboxylic acids is 1. The van der Waals surface area contributed by atoms with Crippen LogP contribution in [0.15, 0.2) is 33.9 Å². The van der Waals surface area contributed by atoms with Crippen molar-refractivity contribution in [2.45, 2.75) is 6.92 Å². The van der Waals surface area contributed by atoms with Crippen LogP contribution in [-0.2, 0) is 9.53 Å². The average Bonchev–Trinajstić information content (AvgIpc) is 2.54. The Morgan fingerprint density at radius 1 is 1.41 bits per heavy atom. The molecule has 7 heteroatoms. The molecule has 1 heterocycles. The van der Waals surface area contributed by atoms with Gasteiger partial charge in [0.25, 0.3) is 11.0 Å². The molecule has 22 heavy (non-hydrogen) atoms. The molecule has 2 rings (SSSR count). The Morgan fingerprint density at radius 2 is 2.14 bits per heavy atom. The number of rotatable bonds is 3. The molecule has 0 saturated heterocycles. The highest BCUT2D eigenvalue weighted by atomic mass is 35.5. The molecule has 0 fully saturated rings. The standard InChI is InChI=1S/C15H12ClNO5/c1-2-22-12(18)6-5-10-13(19)9-4-3-8(16)7-11(9)17-15(21)14(10)20/h3-7,19H,2H2,1H3,(H,17,20,21)/b6-5+. The number of halogens is 1. The van der Waals surface area contributed by atoms with Crippen LogP contribution in [0.25, 0.3) is 17.0 Å². The lowest BCUT2D eigenvalue weighted by Crippen LogP contribution is -2.25. The number of benzene rings is 1. The van der Waals surface area contributed by atoms with E-state index in [-0.39, 0.29) is 23.1 Å². The van der Waals surface area contributed by atoms with Gasteiger partial charge >= 0.3 is 5.97 Å². The minimum absolute atomic E-state index is 0.171. The summed E-state index contributed by atoms with van der Waals surface area (Å²) in [6.07, 6.45) is 2.03. The highest BCUT2D eigenvalue weighted by Gasteiger charge is 2.11. The molecule has 0 aliphatic heterocycles. The van der Waals surface area contributed by atoms with E-state index >= 15 is 0 Å². The number of carbonyl (C=O) groups is 1. The van der Waals surface area contributed by atoms with E-state index in [4.69, 9.17) is 11.6 Å². The Morgan fingerprint density at radius 3 is 2.82 bits per heavy atom. The van der Waals surface area contributed by atoms with Crippen molar-refractivity contribution in [2.24, 2.45) is 0 Å². The van der Waals surface area contributed by atoms with Gasteiger partial charge in [0.2, 0.25) is 0 Å². The van der Waals surface area contributed by atoms with Crippen molar-refractivity contribution < 1.29 is 14.6 Å². The second-order valence-electron chi connectivity index (χ2n) is 4.32. The molecule has 1 aromatic carbocycles. The molecule has 0 spiro atoms. The minimum atomic E-state index is -0.967. The molecule has 2 aromatic rings. The Kier molecular flexibility index (Phi) is 4.62. The van der Waals surface area contributed by atoms with Crippen molar-refractivity contribution in [1.29, 1.82) is 0 Å². The molecule has 0 atom stereocenters. The number of aromatic amines is 1. The van der Waals surface area contributed by atoms with E-state index in [1.54, 1.807) is 6.92 Å². The van der Waals surface area contributed by atoms with Gasteiger partial charge in [-0.15, -0.1) is 0 Å². The largest absolute Gasteiger partial charge is 0.506 e. The monoisotopic (exact) mass is 321 g/mol. The minimum Gasteiger partial charge on any atom is -0.506 e. The van der Waals surface area contributed by atoms with Crippen LogP contribution in [0.4, 0.5) is 0 Å². The zero-order valence-electron chi connectivity index (χ0n) is 11.6. The molecular formula is C15H12ClNO5. The highest BCUT2D eigenvalue weighted by molar-refractivity contribution is 6.31. The molecule has 0 aliphatic rings. The SMILES string of the molecule is CCOC(=O)/C=C/c1c(O)c2ccc(Cl)cc2[nH]c(=O)c1=O. The molecule has 0 amide bonds. The predicted octanol–water partition coefficient (Wildman–Crippen LogP) is 1.82. The molecule has 0 bridgehead atoms. The number of hydrogen-bond donors (Lipinski definition) is 2. The first-order valence-electron chi connectivity index (χ1n) is 6.37. The fraction of sp³-hybridized carbons (Fsp3) is 0.133. The maximum Gasteiger partial charge on any atom is 0.330 e. The molecule has 1 aromatic heterocycles. The van der Waals surface area contributed by atoms with E-state index in [0.717, 1.165) is 12.2 Å². The van der Waals surface area contributed by atoms with Crippen LogP contribution < -0.4 is 11.0 Å². The lowest BCUT2D eigenvalue weighted by Gasteiger charge is -1.98. The molecule has 6 nitrogen and oxygen atoms in total. The van der Waals surface area contributed by atoms with Gasteiger partial charge in [-0.2, -0.15) is 0 Å². The Hall–Kier alpha value is -2.60. The molecule has 0 radical (unpaired) electrons. The molecule has 0 saturated carbocycles. The van der Waals surface area contributed by atoms with E-state index in [1.807, 2.05) is 0 Å². The summed E-state index contributed by atoms with van der Waals surface area (Å²) in [6, 6.07) is 4.38. The first-order chi connectivity index (χ1) is 10.4. The Balaban J connectivity index is 2.75. The van der Waals surface area contributed by atoms with Crippen molar-refractivity contribution in [3.63, 3.8) is 0 Å². The van der Waals surface area contributed by atoms with Gasteiger partial charge < -0.3 is 14.8 Å². The van der Waals surface area contributed by atoms with Gasteiger partial charge in [0, 0.05) is 16.5 Å². The van der Waals surface area contributed by atoms with Gasteiger partial charge in [-0.1, -0.05) is 11.6 Å². The third-order valence-electron chi connectivity index (χ3n) is 2.86. The van der Waals surface area contributed by atoms with Crippen LogP contribution >= 0.6 is 11.6 Å². The van der Waals surface area contributed by atoms with E-state index in [9.17, 15) is 19.5 Å². The molecular weight excluding hydrogens is 310 g/mol. The van der Waals surface area contributed by atoms with Crippen molar-refractivity contribution in [3.05, 3.63) is 55.4 Å². The topological polar surface area (TPSA) is 96.5 Å². The quantitative estimate of drug-likeness (QED) is 0.510. The maximum atomic E-state index is 12.0. The molecule has 2 N–H and O–H groups in total. The molecule has 114 valence electrons. The average molecular weight is 322 g/mol. The maximum absolute atomic E-state index is 12.0. The third-order valence-corrected chi connectivity index (χ3v) is 3.10. The first kappa shape index (κ1) is 15.8. The van der Waals surface area contributed by atoms with Gasteiger partial charge in [0.05, 0.1) is 17.7 Å². The van der Waals surface area contributed by atoms with E-state index < -0.39 is 22.7 Å². The summed E-state index contributed by atoms with van der Waals surface area (Å²) in [7, 11) is 0. The number of ether oxygens (including phenoxy) is 1. The molecule has 0 unspecified atom stereocenters. The van der Waals surface area contributed by atoms with Gasteiger partial charge in [0.15, 0.2) is 0 Å². The van der Waals surface area contributed by atoms with Crippen LogP contribution in [0, 0.1) is 0 Å². The van der Waals surface area contributed by atoms with Crippen LogP contribution in [-0.4, -0.2) is 22.7 Å². The van der Waals surface area contributed by atoms with Crippen molar-refractivity contribution in [3.8, 4) is 5.75 Å². The van der Waals surface area contributed by atoms with Crippen molar-refractivity contribution in [2.75, 3.05) is 6.61 Å². The summed E-state index contributed by atoms with van der Waals surface area (Å²) in [5.74, 6) is -1.10. The van der Waals surface area contributed by atoms with Gasteiger partial charge in [-0.3, -0.25) is 9.59 Å². The predicted molar refractivity (Wildman–Crippen MR) is 83.2 cm³/mol.